The van der Waals surface area contributed by atoms with E-state index in [1.807, 2.05) is 0 Å². The first-order valence-electron chi connectivity index (χ1n) is 7.35. The summed E-state index contributed by atoms with van der Waals surface area (Å²) in [5.41, 5.74) is 6.67. The number of nitrogens with two attached hydrogens (primary N) is 1. The Balaban J connectivity index is 1.89. The molecule has 1 saturated carbocycles. The van der Waals surface area contributed by atoms with Crippen molar-refractivity contribution in [3.05, 3.63) is 34.8 Å². The lowest BCUT2D eigenvalue weighted by atomic mass is 9.97. The van der Waals surface area contributed by atoms with Crippen LogP contribution in [0.4, 0.5) is 10.2 Å². The number of hydrogen-bond acceptors (Lipinski definition) is 3. The standard InChI is InChI=1S/C16H18ClFN2O/c17-11-6-3-7-12(18)14(11)15-13(21-20-16(15)19)9-8-10-4-1-2-5-10/h3,6-7,10H,1-2,4-5,8-9H2,(H2,19,20). The van der Waals surface area contributed by atoms with Crippen molar-refractivity contribution in [2.75, 3.05) is 5.73 Å². The number of aryl methyl sites for hydroxylation is 1. The Kier molecular flexibility index (Phi) is 4.15. The summed E-state index contributed by atoms with van der Waals surface area (Å²) in [6.07, 6.45) is 6.87. The molecule has 1 aromatic carbocycles. The maximum Gasteiger partial charge on any atom is 0.175 e. The van der Waals surface area contributed by atoms with Crippen molar-refractivity contribution in [1.82, 2.24) is 5.16 Å². The Morgan fingerprint density at radius 2 is 2.05 bits per heavy atom. The molecule has 0 spiro atoms. The average Bonchev–Trinajstić information content (AvgIpc) is 3.08. The van der Waals surface area contributed by atoms with E-state index in [1.165, 1.54) is 31.7 Å². The molecule has 3 rings (SSSR count). The molecule has 0 atom stereocenters. The Hall–Kier alpha value is -1.55. The summed E-state index contributed by atoms with van der Waals surface area (Å²) in [7, 11) is 0. The maximum absolute atomic E-state index is 14.1. The zero-order chi connectivity index (χ0) is 14.8. The summed E-state index contributed by atoms with van der Waals surface area (Å²) in [6, 6.07) is 4.59. The summed E-state index contributed by atoms with van der Waals surface area (Å²) in [5.74, 6) is 1.15. The third-order valence-corrected chi connectivity index (χ3v) is 4.57. The van der Waals surface area contributed by atoms with Gasteiger partial charge in [-0.3, -0.25) is 0 Å². The van der Waals surface area contributed by atoms with Gasteiger partial charge >= 0.3 is 0 Å². The smallest absolute Gasteiger partial charge is 0.175 e. The van der Waals surface area contributed by atoms with E-state index in [4.69, 9.17) is 21.9 Å². The summed E-state index contributed by atoms with van der Waals surface area (Å²) in [6.45, 7) is 0. The quantitative estimate of drug-likeness (QED) is 0.879. The fourth-order valence-corrected chi connectivity index (χ4v) is 3.40. The maximum atomic E-state index is 14.1. The van der Waals surface area contributed by atoms with Crippen molar-refractivity contribution >= 4 is 17.4 Å². The number of anilines is 1. The van der Waals surface area contributed by atoms with Crippen molar-refractivity contribution in [2.45, 2.75) is 38.5 Å². The highest BCUT2D eigenvalue weighted by Gasteiger charge is 2.23. The van der Waals surface area contributed by atoms with Crippen LogP contribution in [0, 0.1) is 11.7 Å². The van der Waals surface area contributed by atoms with Crippen molar-refractivity contribution in [3.8, 4) is 11.1 Å². The molecule has 2 N–H and O–H groups in total. The van der Waals surface area contributed by atoms with Crippen LogP contribution in [0.25, 0.3) is 11.1 Å². The summed E-state index contributed by atoms with van der Waals surface area (Å²) in [4.78, 5) is 0. The van der Waals surface area contributed by atoms with E-state index < -0.39 is 5.82 Å². The Labute approximate surface area is 128 Å². The van der Waals surface area contributed by atoms with Crippen LogP contribution in [0.2, 0.25) is 5.02 Å². The fourth-order valence-electron chi connectivity index (χ4n) is 3.15. The van der Waals surface area contributed by atoms with Crippen molar-refractivity contribution < 1.29 is 8.91 Å². The van der Waals surface area contributed by atoms with Crippen LogP contribution >= 0.6 is 11.6 Å². The van der Waals surface area contributed by atoms with Crippen molar-refractivity contribution in [2.24, 2.45) is 5.92 Å². The van der Waals surface area contributed by atoms with Gasteiger partial charge in [0.1, 0.15) is 11.6 Å². The number of nitrogen functional groups attached to an aromatic ring is 1. The molecule has 1 aromatic heterocycles. The Bertz CT molecular complexity index is 615. The second-order valence-corrected chi connectivity index (χ2v) is 6.06. The second kappa shape index (κ2) is 6.06. The molecule has 1 aliphatic carbocycles. The van der Waals surface area contributed by atoms with Gasteiger partial charge in [-0.25, -0.2) is 4.39 Å². The third-order valence-electron chi connectivity index (χ3n) is 4.26. The lowest BCUT2D eigenvalue weighted by molar-refractivity contribution is 0.370. The van der Waals surface area contributed by atoms with Crippen LogP contribution < -0.4 is 5.73 Å². The average molecular weight is 309 g/mol. The Morgan fingerprint density at radius 3 is 2.76 bits per heavy atom. The zero-order valence-corrected chi connectivity index (χ0v) is 12.5. The largest absolute Gasteiger partial charge is 0.380 e. The fraction of sp³-hybridized carbons (Fsp3) is 0.438. The lowest BCUT2D eigenvalue weighted by Crippen LogP contribution is -1.98. The highest BCUT2D eigenvalue weighted by molar-refractivity contribution is 6.33. The zero-order valence-electron chi connectivity index (χ0n) is 11.7. The second-order valence-electron chi connectivity index (χ2n) is 5.65. The van der Waals surface area contributed by atoms with Crippen molar-refractivity contribution in [3.63, 3.8) is 0 Å². The van der Waals surface area contributed by atoms with E-state index >= 15 is 0 Å². The van der Waals surface area contributed by atoms with Gasteiger partial charge in [-0.15, -0.1) is 0 Å². The van der Waals surface area contributed by atoms with E-state index in [0.29, 0.717) is 21.9 Å². The van der Waals surface area contributed by atoms with Gasteiger partial charge < -0.3 is 10.3 Å². The first-order valence-corrected chi connectivity index (χ1v) is 7.73. The normalized spacial score (nSPS) is 15.7. The monoisotopic (exact) mass is 308 g/mol. The number of aromatic nitrogens is 1. The van der Waals surface area contributed by atoms with Crippen LogP contribution in [0.15, 0.2) is 22.7 Å². The van der Waals surface area contributed by atoms with Crippen LogP contribution in [0.3, 0.4) is 0 Å². The molecule has 2 aromatic rings. The highest BCUT2D eigenvalue weighted by Crippen LogP contribution is 2.38. The first kappa shape index (κ1) is 14.4. The first-order chi connectivity index (χ1) is 10.2. The molecule has 1 heterocycles. The number of halogens is 2. The number of benzene rings is 1. The third kappa shape index (κ3) is 2.91. The van der Waals surface area contributed by atoms with Crippen LogP contribution in [-0.4, -0.2) is 5.16 Å². The molecule has 112 valence electrons. The molecular weight excluding hydrogens is 291 g/mol. The summed E-state index contributed by atoms with van der Waals surface area (Å²) in [5, 5.41) is 4.12. The lowest BCUT2D eigenvalue weighted by Gasteiger charge is -2.09. The molecule has 0 aliphatic heterocycles. The van der Waals surface area contributed by atoms with Gasteiger partial charge in [0.25, 0.3) is 0 Å². The van der Waals surface area contributed by atoms with Gasteiger partial charge in [0.2, 0.25) is 0 Å². The molecule has 0 unspecified atom stereocenters. The van der Waals surface area contributed by atoms with Crippen LogP contribution in [-0.2, 0) is 6.42 Å². The molecule has 0 bridgehead atoms. The molecule has 0 saturated heterocycles. The predicted octanol–water partition coefficient (Wildman–Crippen LogP) is 4.84. The van der Waals surface area contributed by atoms with E-state index in [1.54, 1.807) is 12.1 Å². The molecule has 0 radical (unpaired) electrons. The summed E-state index contributed by atoms with van der Waals surface area (Å²) >= 11 is 6.13. The topological polar surface area (TPSA) is 52.0 Å². The molecular formula is C16H18ClFN2O. The predicted molar refractivity (Wildman–Crippen MR) is 81.6 cm³/mol. The molecule has 21 heavy (non-hydrogen) atoms. The Morgan fingerprint density at radius 1 is 1.29 bits per heavy atom. The van der Waals surface area contributed by atoms with E-state index in [9.17, 15) is 4.39 Å². The van der Waals surface area contributed by atoms with E-state index in [2.05, 4.69) is 5.16 Å². The minimum absolute atomic E-state index is 0.198. The van der Waals surface area contributed by atoms with Gasteiger partial charge in [0.15, 0.2) is 5.82 Å². The van der Waals surface area contributed by atoms with Gasteiger partial charge in [0, 0.05) is 12.0 Å². The van der Waals surface area contributed by atoms with E-state index in [-0.39, 0.29) is 5.82 Å². The van der Waals surface area contributed by atoms with Gasteiger partial charge in [-0.05, 0) is 24.5 Å². The highest BCUT2D eigenvalue weighted by atomic mass is 35.5. The van der Waals surface area contributed by atoms with Crippen LogP contribution in [0.1, 0.15) is 37.9 Å². The molecule has 5 heteroatoms. The summed E-state index contributed by atoms with van der Waals surface area (Å²) < 4.78 is 19.4. The van der Waals surface area contributed by atoms with Crippen molar-refractivity contribution in [1.29, 1.82) is 0 Å². The van der Waals surface area contributed by atoms with Gasteiger partial charge in [-0.1, -0.05) is 48.5 Å². The van der Waals surface area contributed by atoms with Crippen LogP contribution in [0.5, 0.6) is 0 Å². The minimum atomic E-state index is -0.403. The van der Waals surface area contributed by atoms with Gasteiger partial charge in [-0.2, -0.15) is 0 Å². The van der Waals surface area contributed by atoms with E-state index in [0.717, 1.165) is 18.8 Å². The van der Waals surface area contributed by atoms with Gasteiger partial charge in [0.05, 0.1) is 10.6 Å². The number of rotatable bonds is 4. The molecule has 3 nitrogen and oxygen atoms in total. The molecule has 1 fully saturated rings. The minimum Gasteiger partial charge on any atom is -0.380 e. The number of hydrogen-bond donors (Lipinski definition) is 1. The molecule has 0 amide bonds. The SMILES string of the molecule is Nc1noc(CCC2CCCC2)c1-c1c(F)cccc1Cl. The number of nitrogens with zero attached hydrogens (tertiary/aromatic N) is 1. The molecule has 1 aliphatic rings.